The average Bonchev–Trinajstić information content (AvgIpc) is 2.95. The van der Waals surface area contributed by atoms with Gasteiger partial charge in [0.15, 0.2) is 0 Å². The van der Waals surface area contributed by atoms with E-state index in [4.69, 9.17) is 4.84 Å². The van der Waals surface area contributed by atoms with Crippen molar-refractivity contribution in [3.8, 4) is 0 Å². The zero-order valence-electron chi connectivity index (χ0n) is 13.2. The van der Waals surface area contributed by atoms with Gasteiger partial charge in [0.05, 0.1) is 36.6 Å². The molecule has 0 aliphatic heterocycles. The molecule has 5 heteroatoms. The lowest BCUT2D eigenvalue weighted by atomic mass is 9.69. The van der Waals surface area contributed by atoms with Crippen molar-refractivity contribution in [1.29, 1.82) is 0 Å². The van der Waals surface area contributed by atoms with E-state index < -0.39 is 0 Å². The van der Waals surface area contributed by atoms with Crippen LogP contribution in [0.3, 0.4) is 0 Å². The van der Waals surface area contributed by atoms with Crippen molar-refractivity contribution in [3.63, 3.8) is 0 Å². The molecular formula is C17H21N3O2. The van der Waals surface area contributed by atoms with Crippen molar-refractivity contribution in [1.82, 2.24) is 9.55 Å². The zero-order valence-corrected chi connectivity index (χ0v) is 13.2. The van der Waals surface area contributed by atoms with Crippen LogP contribution in [0.5, 0.6) is 0 Å². The number of hydrogen-bond donors (Lipinski definition) is 1. The fourth-order valence-electron chi connectivity index (χ4n) is 3.45. The smallest absolute Gasteiger partial charge is 0.106 e. The van der Waals surface area contributed by atoms with Crippen molar-refractivity contribution >= 4 is 5.71 Å². The number of aliphatic hydroxyl groups excluding tert-OH is 1. The summed E-state index contributed by atoms with van der Waals surface area (Å²) in [6.07, 6.45) is 4.32. The summed E-state index contributed by atoms with van der Waals surface area (Å²) in [5.41, 5.74) is 4.00. The van der Waals surface area contributed by atoms with E-state index in [1.807, 2.05) is 12.1 Å². The van der Waals surface area contributed by atoms with Crippen molar-refractivity contribution < 1.29 is 9.94 Å². The van der Waals surface area contributed by atoms with Crippen LogP contribution in [0.25, 0.3) is 0 Å². The standard InChI is InChI=1S/C17H21N3O2/c1-17(2)8-15(19-22-3)13-6-4-5-7-14(13)16(17)20-11-18-9-12(20)10-21/h4-7,9,11,16,21H,8,10H2,1-3H3. The molecule has 0 amide bonds. The monoisotopic (exact) mass is 299 g/mol. The number of hydrogen-bond acceptors (Lipinski definition) is 4. The Labute approximate surface area is 130 Å². The molecule has 0 saturated heterocycles. The topological polar surface area (TPSA) is 59.6 Å². The van der Waals surface area contributed by atoms with E-state index in [1.54, 1.807) is 19.6 Å². The molecule has 1 atom stereocenters. The second-order valence-electron chi connectivity index (χ2n) is 6.33. The highest BCUT2D eigenvalue weighted by Crippen LogP contribution is 2.46. The molecule has 5 nitrogen and oxygen atoms in total. The summed E-state index contributed by atoms with van der Waals surface area (Å²) >= 11 is 0. The molecule has 116 valence electrons. The molecule has 1 unspecified atom stereocenters. The van der Waals surface area contributed by atoms with Crippen LogP contribution in [0.2, 0.25) is 0 Å². The van der Waals surface area contributed by atoms with Gasteiger partial charge in [-0.25, -0.2) is 4.98 Å². The molecule has 0 fully saturated rings. The van der Waals surface area contributed by atoms with Gasteiger partial charge in [-0.2, -0.15) is 0 Å². The van der Waals surface area contributed by atoms with Gasteiger partial charge in [-0.3, -0.25) is 0 Å². The average molecular weight is 299 g/mol. The normalized spacial score (nSPS) is 21.6. The lowest BCUT2D eigenvalue weighted by Crippen LogP contribution is -2.36. The predicted molar refractivity (Wildman–Crippen MR) is 84.7 cm³/mol. The van der Waals surface area contributed by atoms with Crippen LogP contribution in [0.15, 0.2) is 41.9 Å². The summed E-state index contributed by atoms with van der Waals surface area (Å²) < 4.78 is 2.07. The summed E-state index contributed by atoms with van der Waals surface area (Å²) in [5.74, 6) is 0. The second-order valence-corrected chi connectivity index (χ2v) is 6.33. The van der Waals surface area contributed by atoms with E-state index >= 15 is 0 Å². The van der Waals surface area contributed by atoms with Gasteiger partial charge in [0.25, 0.3) is 0 Å². The van der Waals surface area contributed by atoms with Gasteiger partial charge in [0.2, 0.25) is 0 Å². The minimum Gasteiger partial charge on any atom is -0.399 e. The van der Waals surface area contributed by atoms with Crippen molar-refractivity contribution in [2.45, 2.75) is 32.9 Å². The Morgan fingerprint density at radius 3 is 2.91 bits per heavy atom. The molecule has 0 radical (unpaired) electrons. The van der Waals surface area contributed by atoms with E-state index in [0.717, 1.165) is 23.4 Å². The quantitative estimate of drug-likeness (QED) is 0.887. The molecular weight excluding hydrogens is 278 g/mol. The highest BCUT2D eigenvalue weighted by molar-refractivity contribution is 6.03. The van der Waals surface area contributed by atoms with E-state index in [1.165, 1.54) is 5.56 Å². The van der Waals surface area contributed by atoms with Gasteiger partial charge in [-0.15, -0.1) is 0 Å². The maximum absolute atomic E-state index is 9.59. The van der Waals surface area contributed by atoms with E-state index in [9.17, 15) is 5.11 Å². The largest absolute Gasteiger partial charge is 0.399 e. The lowest BCUT2D eigenvalue weighted by molar-refractivity contribution is 0.200. The number of benzene rings is 1. The SMILES string of the molecule is CON=C1CC(C)(C)C(n2cncc2CO)c2ccccc21. The Morgan fingerprint density at radius 1 is 1.41 bits per heavy atom. The first kappa shape index (κ1) is 14.8. The molecule has 1 N–H and O–H groups in total. The fraction of sp³-hybridized carbons (Fsp3) is 0.412. The summed E-state index contributed by atoms with van der Waals surface area (Å²) in [6, 6.07) is 8.34. The number of oxime groups is 1. The zero-order chi connectivity index (χ0) is 15.7. The Kier molecular flexibility index (Phi) is 3.74. The van der Waals surface area contributed by atoms with Gasteiger partial charge < -0.3 is 14.5 Å². The summed E-state index contributed by atoms with van der Waals surface area (Å²) in [5, 5.41) is 13.8. The van der Waals surface area contributed by atoms with Gasteiger partial charge in [-0.05, 0) is 11.0 Å². The van der Waals surface area contributed by atoms with Gasteiger partial charge in [0.1, 0.15) is 7.11 Å². The maximum atomic E-state index is 9.59. The number of imidazole rings is 1. The lowest BCUT2D eigenvalue weighted by Gasteiger charge is -2.41. The van der Waals surface area contributed by atoms with E-state index in [-0.39, 0.29) is 18.1 Å². The van der Waals surface area contributed by atoms with Crippen molar-refractivity contribution in [3.05, 3.63) is 53.6 Å². The van der Waals surface area contributed by atoms with E-state index in [2.05, 4.69) is 40.7 Å². The molecule has 0 spiro atoms. The molecule has 1 aromatic heterocycles. The highest BCUT2D eigenvalue weighted by atomic mass is 16.6. The highest BCUT2D eigenvalue weighted by Gasteiger charge is 2.40. The Hall–Kier alpha value is -2.14. The van der Waals surface area contributed by atoms with Crippen LogP contribution in [-0.4, -0.2) is 27.5 Å². The Balaban J connectivity index is 2.21. The summed E-state index contributed by atoms with van der Waals surface area (Å²) in [6.45, 7) is 4.40. The molecule has 22 heavy (non-hydrogen) atoms. The Morgan fingerprint density at radius 2 is 2.18 bits per heavy atom. The van der Waals surface area contributed by atoms with Crippen LogP contribution in [0.4, 0.5) is 0 Å². The molecule has 2 aromatic rings. The minimum absolute atomic E-state index is 0.0201. The summed E-state index contributed by atoms with van der Waals surface area (Å²) in [4.78, 5) is 9.24. The third-order valence-corrected chi connectivity index (χ3v) is 4.32. The van der Waals surface area contributed by atoms with Crippen molar-refractivity contribution in [2.24, 2.45) is 10.6 Å². The summed E-state index contributed by atoms with van der Waals surface area (Å²) in [7, 11) is 1.58. The second kappa shape index (κ2) is 5.57. The third kappa shape index (κ3) is 2.31. The number of nitrogens with zero attached hydrogens (tertiary/aromatic N) is 3. The Bertz CT molecular complexity index is 703. The van der Waals surface area contributed by atoms with Crippen LogP contribution in [0.1, 0.15) is 43.1 Å². The van der Waals surface area contributed by atoms with Gasteiger partial charge >= 0.3 is 0 Å². The molecule has 0 bridgehead atoms. The molecule has 3 rings (SSSR count). The molecule has 0 saturated carbocycles. The number of fused-ring (bicyclic) bond motifs is 1. The van der Waals surface area contributed by atoms with Crippen molar-refractivity contribution in [2.75, 3.05) is 7.11 Å². The molecule has 1 aliphatic rings. The number of rotatable bonds is 3. The fourth-order valence-corrected chi connectivity index (χ4v) is 3.45. The maximum Gasteiger partial charge on any atom is 0.106 e. The predicted octanol–water partition coefficient (Wildman–Crippen LogP) is 2.75. The van der Waals surface area contributed by atoms with E-state index in [0.29, 0.717) is 0 Å². The van der Waals surface area contributed by atoms with Gasteiger partial charge in [0, 0.05) is 12.0 Å². The van der Waals surface area contributed by atoms with Crippen LogP contribution < -0.4 is 0 Å². The first-order chi connectivity index (χ1) is 10.6. The van der Waals surface area contributed by atoms with Gasteiger partial charge in [-0.1, -0.05) is 43.3 Å². The van der Waals surface area contributed by atoms with Crippen LogP contribution in [-0.2, 0) is 11.4 Å². The minimum atomic E-state index is -0.0731. The first-order valence-electron chi connectivity index (χ1n) is 7.39. The van der Waals surface area contributed by atoms with Crippen LogP contribution in [0, 0.1) is 5.41 Å². The molecule has 1 aromatic carbocycles. The first-order valence-corrected chi connectivity index (χ1v) is 7.39. The molecule has 1 aliphatic carbocycles. The third-order valence-electron chi connectivity index (χ3n) is 4.32. The molecule has 1 heterocycles. The number of aromatic nitrogens is 2. The van der Waals surface area contributed by atoms with Crippen LogP contribution >= 0.6 is 0 Å². The number of aliphatic hydroxyl groups is 1.